The molecule has 0 unspecified atom stereocenters. The van der Waals surface area contributed by atoms with Gasteiger partial charge >= 0.3 is 5.97 Å². The summed E-state index contributed by atoms with van der Waals surface area (Å²) in [6.07, 6.45) is -0.146. The highest BCUT2D eigenvalue weighted by Gasteiger charge is 2.23. The molecular formula is C16H22N2O3. The van der Waals surface area contributed by atoms with Gasteiger partial charge in [0, 0.05) is 32.7 Å². The summed E-state index contributed by atoms with van der Waals surface area (Å²) in [6.45, 7) is 5.98. The number of rotatable bonds is 5. The van der Waals surface area contributed by atoms with Crippen molar-refractivity contribution in [2.45, 2.75) is 19.9 Å². The average molecular weight is 290 g/mol. The third-order valence-corrected chi connectivity index (χ3v) is 3.57. The smallest absolute Gasteiger partial charge is 0.315 e. The van der Waals surface area contributed by atoms with Gasteiger partial charge in [-0.15, -0.1) is 0 Å². The Hall–Kier alpha value is -1.88. The fraction of sp³-hybridized carbons (Fsp3) is 0.500. The largest absolute Gasteiger partial charge is 0.466 e. The van der Waals surface area contributed by atoms with Crippen LogP contribution in [0.3, 0.4) is 0 Å². The molecule has 1 saturated heterocycles. The molecule has 0 N–H and O–H groups in total. The Kier molecular flexibility index (Phi) is 5.75. The fourth-order valence-electron chi connectivity index (χ4n) is 2.44. The van der Waals surface area contributed by atoms with E-state index < -0.39 is 5.97 Å². The second-order valence-electron chi connectivity index (χ2n) is 5.12. The molecule has 0 aromatic heterocycles. The second-order valence-corrected chi connectivity index (χ2v) is 5.12. The minimum atomic E-state index is -0.436. The molecule has 1 fully saturated rings. The van der Waals surface area contributed by atoms with Crippen molar-refractivity contribution in [1.29, 1.82) is 0 Å². The van der Waals surface area contributed by atoms with Gasteiger partial charge < -0.3 is 9.64 Å². The van der Waals surface area contributed by atoms with Crippen molar-refractivity contribution in [3.8, 4) is 0 Å². The van der Waals surface area contributed by atoms with E-state index in [-0.39, 0.29) is 12.3 Å². The van der Waals surface area contributed by atoms with Gasteiger partial charge in [-0.25, -0.2) is 0 Å². The predicted octanol–water partition coefficient (Wildman–Crippen LogP) is 1.28. The van der Waals surface area contributed by atoms with Crippen LogP contribution in [0.4, 0.5) is 0 Å². The van der Waals surface area contributed by atoms with Crippen LogP contribution in [-0.2, 0) is 20.9 Å². The first-order valence-corrected chi connectivity index (χ1v) is 7.38. The molecule has 2 rings (SSSR count). The Morgan fingerprint density at radius 2 is 1.76 bits per heavy atom. The second kappa shape index (κ2) is 7.78. The van der Waals surface area contributed by atoms with E-state index in [4.69, 9.17) is 4.74 Å². The molecular weight excluding hydrogens is 268 g/mol. The minimum absolute atomic E-state index is 0.132. The summed E-state index contributed by atoms with van der Waals surface area (Å²) in [4.78, 5) is 27.3. The van der Waals surface area contributed by atoms with Crippen LogP contribution in [0, 0.1) is 0 Å². The van der Waals surface area contributed by atoms with Crippen LogP contribution in [0.5, 0.6) is 0 Å². The van der Waals surface area contributed by atoms with E-state index in [1.807, 2.05) is 18.2 Å². The van der Waals surface area contributed by atoms with Gasteiger partial charge in [0.2, 0.25) is 5.91 Å². The van der Waals surface area contributed by atoms with Gasteiger partial charge in [0.15, 0.2) is 0 Å². The predicted molar refractivity (Wildman–Crippen MR) is 79.5 cm³/mol. The third-order valence-electron chi connectivity index (χ3n) is 3.57. The van der Waals surface area contributed by atoms with Crippen LogP contribution < -0.4 is 0 Å². The molecule has 0 saturated carbocycles. The normalized spacial score (nSPS) is 15.8. The summed E-state index contributed by atoms with van der Waals surface area (Å²) in [5.41, 5.74) is 1.28. The standard InChI is InChI=1S/C16H22N2O3/c1-2-21-16(20)12-15(19)18-10-8-17(9-11-18)13-14-6-4-3-5-7-14/h3-7H,2,8-13H2,1H3. The minimum Gasteiger partial charge on any atom is -0.466 e. The molecule has 1 aromatic rings. The van der Waals surface area contributed by atoms with E-state index in [1.165, 1.54) is 5.56 Å². The summed E-state index contributed by atoms with van der Waals surface area (Å²) in [6, 6.07) is 10.3. The van der Waals surface area contributed by atoms with E-state index in [0.29, 0.717) is 19.7 Å². The summed E-state index contributed by atoms with van der Waals surface area (Å²) in [5, 5.41) is 0. The molecule has 0 bridgehead atoms. The molecule has 1 aromatic carbocycles. The zero-order chi connectivity index (χ0) is 15.1. The first kappa shape index (κ1) is 15.5. The van der Waals surface area contributed by atoms with Crippen LogP contribution in [0.15, 0.2) is 30.3 Å². The monoisotopic (exact) mass is 290 g/mol. The Balaban J connectivity index is 1.75. The van der Waals surface area contributed by atoms with Crippen molar-refractivity contribution in [1.82, 2.24) is 9.80 Å². The molecule has 0 spiro atoms. The number of amides is 1. The topological polar surface area (TPSA) is 49.9 Å². The van der Waals surface area contributed by atoms with Gasteiger partial charge in [0.05, 0.1) is 6.61 Å². The maximum absolute atomic E-state index is 12.0. The van der Waals surface area contributed by atoms with Gasteiger partial charge in [-0.1, -0.05) is 30.3 Å². The Bertz CT molecular complexity index is 468. The average Bonchev–Trinajstić information content (AvgIpc) is 2.49. The molecule has 1 amide bonds. The fourth-order valence-corrected chi connectivity index (χ4v) is 2.44. The maximum Gasteiger partial charge on any atom is 0.315 e. The van der Waals surface area contributed by atoms with Gasteiger partial charge in [-0.2, -0.15) is 0 Å². The number of piperazine rings is 1. The van der Waals surface area contributed by atoms with E-state index >= 15 is 0 Å². The van der Waals surface area contributed by atoms with Crippen molar-refractivity contribution in [3.05, 3.63) is 35.9 Å². The first-order chi connectivity index (χ1) is 10.2. The van der Waals surface area contributed by atoms with E-state index in [1.54, 1.807) is 11.8 Å². The number of hydrogen-bond acceptors (Lipinski definition) is 4. The Morgan fingerprint density at radius 3 is 2.38 bits per heavy atom. The van der Waals surface area contributed by atoms with Gasteiger partial charge in [-0.05, 0) is 12.5 Å². The molecule has 0 radical (unpaired) electrons. The number of esters is 1. The number of nitrogens with zero attached hydrogens (tertiary/aromatic N) is 2. The van der Waals surface area contributed by atoms with Crippen LogP contribution in [0.1, 0.15) is 18.9 Å². The molecule has 21 heavy (non-hydrogen) atoms. The van der Waals surface area contributed by atoms with Crippen molar-refractivity contribution < 1.29 is 14.3 Å². The van der Waals surface area contributed by atoms with E-state index in [2.05, 4.69) is 17.0 Å². The lowest BCUT2D eigenvalue weighted by molar-refractivity contribution is -0.149. The van der Waals surface area contributed by atoms with Gasteiger partial charge in [0.25, 0.3) is 0 Å². The van der Waals surface area contributed by atoms with Gasteiger partial charge in [0.1, 0.15) is 6.42 Å². The van der Waals surface area contributed by atoms with Crippen molar-refractivity contribution in [2.75, 3.05) is 32.8 Å². The number of hydrogen-bond donors (Lipinski definition) is 0. The Labute approximate surface area is 125 Å². The van der Waals surface area contributed by atoms with Crippen molar-refractivity contribution >= 4 is 11.9 Å². The summed E-state index contributed by atoms with van der Waals surface area (Å²) in [5.74, 6) is -0.568. The lowest BCUT2D eigenvalue weighted by atomic mass is 10.2. The Morgan fingerprint density at radius 1 is 1.10 bits per heavy atom. The summed E-state index contributed by atoms with van der Waals surface area (Å²) >= 11 is 0. The van der Waals surface area contributed by atoms with E-state index in [0.717, 1.165) is 19.6 Å². The van der Waals surface area contributed by atoms with Gasteiger partial charge in [-0.3, -0.25) is 14.5 Å². The molecule has 1 heterocycles. The SMILES string of the molecule is CCOC(=O)CC(=O)N1CCN(Cc2ccccc2)CC1. The van der Waals surface area contributed by atoms with Crippen LogP contribution in [0.25, 0.3) is 0 Å². The zero-order valence-electron chi connectivity index (χ0n) is 12.5. The molecule has 5 nitrogen and oxygen atoms in total. The number of ether oxygens (including phenoxy) is 1. The molecule has 1 aliphatic heterocycles. The van der Waals surface area contributed by atoms with Crippen LogP contribution in [0.2, 0.25) is 0 Å². The highest BCUT2D eigenvalue weighted by molar-refractivity contribution is 5.94. The maximum atomic E-state index is 12.0. The lowest BCUT2D eigenvalue weighted by Crippen LogP contribution is -2.48. The van der Waals surface area contributed by atoms with Crippen LogP contribution >= 0.6 is 0 Å². The van der Waals surface area contributed by atoms with Crippen LogP contribution in [-0.4, -0.2) is 54.5 Å². The summed E-state index contributed by atoms with van der Waals surface area (Å²) < 4.78 is 4.81. The van der Waals surface area contributed by atoms with Crippen molar-refractivity contribution in [2.24, 2.45) is 0 Å². The highest BCUT2D eigenvalue weighted by atomic mass is 16.5. The molecule has 114 valence electrons. The first-order valence-electron chi connectivity index (χ1n) is 7.38. The van der Waals surface area contributed by atoms with Crippen molar-refractivity contribution in [3.63, 3.8) is 0 Å². The quantitative estimate of drug-likeness (QED) is 0.605. The zero-order valence-corrected chi connectivity index (χ0v) is 12.5. The number of carbonyl (C=O) groups is 2. The summed E-state index contributed by atoms with van der Waals surface area (Å²) in [7, 11) is 0. The lowest BCUT2D eigenvalue weighted by Gasteiger charge is -2.34. The number of carbonyl (C=O) groups excluding carboxylic acids is 2. The highest BCUT2D eigenvalue weighted by Crippen LogP contribution is 2.09. The molecule has 1 aliphatic rings. The number of benzene rings is 1. The molecule has 0 aliphatic carbocycles. The van der Waals surface area contributed by atoms with E-state index in [9.17, 15) is 9.59 Å². The third kappa shape index (κ3) is 4.86. The molecule has 0 atom stereocenters. The molecule has 5 heteroatoms.